The second-order valence-electron chi connectivity index (χ2n) is 10.6. The molecule has 2 N–H and O–H groups in total. The lowest BCUT2D eigenvalue weighted by molar-refractivity contribution is -0.135. The van der Waals surface area contributed by atoms with Gasteiger partial charge in [-0.3, -0.25) is 14.4 Å². The number of nitrogens with zero attached hydrogens (tertiary/aromatic N) is 2. The minimum absolute atomic E-state index is 0.137. The lowest BCUT2D eigenvalue weighted by atomic mass is 10.1. The molecule has 1 aliphatic heterocycles. The standard InChI is InChI=1S/C32H34ClFN4O3/c33-25-10-8-23(9-11-25)30(39)36-27-14-15-29(28(20-27)31(40)35-21-22-6-12-26(34)13-7-22)37-16-3-17-38(19-18-37)32(41)24-4-1-2-5-24/h6-15,20,24H,1-5,16-19,21H2,(H,35,40)(H,36,39). The molecule has 0 spiro atoms. The van der Waals surface area contributed by atoms with Gasteiger partial charge < -0.3 is 20.4 Å². The Labute approximate surface area is 244 Å². The molecule has 0 aromatic heterocycles. The summed E-state index contributed by atoms with van der Waals surface area (Å²) in [4.78, 5) is 43.6. The van der Waals surface area contributed by atoms with Crippen LogP contribution in [0.3, 0.4) is 0 Å². The van der Waals surface area contributed by atoms with Gasteiger partial charge in [-0.25, -0.2) is 4.39 Å². The van der Waals surface area contributed by atoms with E-state index >= 15 is 0 Å². The van der Waals surface area contributed by atoms with E-state index in [4.69, 9.17) is 11.6 Å². The predicted octanol–water partition coefficient (Wildman–Crippen LogP) is 5.89. The van der Waals surface area contributed by atoms with Crippen molar-refractivity contribution < 1.29 is 18.8 Å². The fourth-order valence-electron chi connectivity index (χ4n) is 5.57. The van der Waals surface area contributed by atoms with Gasteiger partial charge >= 0.3 is 0 Å². The van der Waals surface area contributed by atoms with Gasteiger partial charge in [0, 0.05) is 60.6 Å². The number of hydrogen-bond acceptors (Lipinski definition) is 4. The van der Waals surface area contributed by atoms with E-state index in [0.29, 0.717) is 48.0 Å². The quantitative estimate of drug-likeness (QED) is 0.367. The van der Waals surface area contributed by atoms with Crippen molar-refractivity contribution in [2.75, 3.05) is 36.4 Å². The topological polar surface area (TPSA) is 81.8 Å². The first-order valence-corrected chi connectivity index (χ1v) is 14.5. The average Bonchev–Trinajstić information content (AvgIpc) is 3.41. The summed E-state index contributed by atoms with van der Waals surface area (Å²) in [7, 11) is 0. The molecule has 3 amide bonds. The van der Waals surface area contributed by atoms with Gasteiger partial charge in [-0.2, -0.15) is 0 Å². The van der Waals surface area contributed by atoms with E-state index in [-0.39, 0.29) is 36.0 Å². The molecule has 9 heteroatoms. The molecule has 0 radical (unpaired) electrons. The maximum Gasteiger partial charge on any atom is 0.255 e. The molecule has 41 heavy (non-hydrogen) atoms. The van der Waals surface area contributed by atoms with Crippen molar-refractivity contribution in [3.8, 4) is 0 Å². The largest absolute Gasteiger partial charge is 0.369 e. The highest BCUT2D eigenvalue weighted by Crippen LogP contribution is 2.29. The maximum atomic E-state index is 13.5. The van der Waals surface area contributed by atoms with Crippen LogP contribution in [0.1, 0.15) is 58.4 Å². The van der Waals surface area contributed by atoms with Crippen molar-refractivity contribution in [2.45, 2.75) is 38.6 Å². The number of amides is 3. The van der Waals surface area contributed by atoms with Crippen LogP contribution in [0.15, 0.2) is 66.7 Å². The Balaban J connectivity index is 1.35. The molecule has 3 aromatic carbocycles. The number of carbonyl (C=O) groups is 3. The molecule has 2 aliphatic rings. The first-order chi connectivity index (χ1) is 19.9. The SMILES string of the molecule is O=C(Nc1ccc(N2CCCN(C(=O)C3CCCC3)CC2)c(C(=O)NCc2ccc(F)cc2)c1)c1ccc(Cl)cc1. The van der Waals surface area contributed by atoms with Crippen LogP contribution in [0.2, 0.25) is 5.02 Å². The first kappa shape index (κ1) is 28.6. The minimum Gasteiger partial charge on any atom is -0.369 e. The monoisotopic (exact) mass is 576 g/mol. The van der Waals surface area contributed by atoms with Crippen LogP contribution in [0, 0.1) is 11.7 Å². The number of carbonyl (C=O) groups excluding carboxylic acids is 3. The Hall–Kier alpha value is -3.91. The van der Waals surface area contributed by atoms with Crippen LogP contribution in [0.25, 0.3) is 0 Å². The zero-order valence-electron chi connectivity index (χ0n) is 22.9. The van der Waals surface area contributed by atoms with Crippen molar-refractivity contribution >= 4 is 40.7 Å². The molecule has 0 bridgehead atoms. The molecule has 5 rings (SSSR count). The molecule has 7 nitrogen and oxygen atoms in total. The number of hydrogen-bond donors (Lipinski definition) is 2. The number of halogens is 2. The van der Waals surface area contributed by atoms with Gasteiger partial charge in [0.2, 0.25) is 5.91 Å². The van der Waals surface area contributed by atoms with Gasteiger partial charge in [0.1, 0.15) is 5.82 Å². The van der Waals surface area contributed by atoms with E-state index in [1.807, 2.05) is 11.0 Å². The normalized spacial score (nSPS) is 15.9. The maximum absolute atomic E-state index is 13.5. The molecule has 1 heterocycles. The van der Waals surface area contributed by atoms with Gasteiger partial charge in [-0.15, -0.1) is 0 Å². The lowest BCUT2D eigenvalue weighted by Gasteiger charge is -2.27. The predicted molar refractivity (Wildman–Crippen MR) is 159 cm³/mol. The summed E-state index contributed by atoms with van der Waals surface area (Å²) < 4.78 is 13.3. The second-order valence-corrected chi connectivity index (χ2v) is 11.1. The van der Waals surface area contributed by atoms with Gasteiger partial charge in [0.15, 0.2) is 0 Å². The molecule has 2 fully saturated rings. The Kier molecular flexibility index (Phi) is 9.19. The molecule has 0 atom stereocenters. The van der Waals surface area contributed by atoms with E-state index in [1.165, 1.54) is 12.1 Å². The summed E-state index contributed by atoms with van der Waals surface area (Å²) in [6, 6.07) is 17.8. The van der Waals surface area contributed by atoms with Gasteiger partial charge in [-0.1, -0.05) is 36.6 Å². The zero-order chi connectivity index (χ0) is 28.8. The average molecular weight is 577 g/mol. The third kappa shape index (κ3) is 7.24. The Morgan fingerprint density at radius 1 is 0.829 bits per heavy atom. The summed E-state index contributed by atoms with van der Waals surface area (Å²) in [5.74, 6) is -0.578. The van der Waals surface area contributed by atoms with Crippen LogP contribution >= 0.6 is 11.6 Å². The third-order valence-corrected chi connectivity index (χ3v) is 8.08. The Bertz CT molecular complexity index is 1390. The first-order valence-electron chi connectivity index (χ1n) is 14.1. The Morgan fingerprint density at radius 3 is 2.29 bits per heavy atom. The van der Waals surface area contributed by atoms with Gasteiger partial charge in [0.05, 0.1) is 5.56 Å². The number of rotatable bonds is 7. The Morgan fingerprint density at radius 2 is 1.56 bits per heavy atom. The van der Waals surface area contributed by atoms with E-state index in [1.54, 1.807) is 48.5 Å². The molecule has 0 unspecified atom stereocenters. The molecular formula is C32H34ClFN4O3. The molecule has 3 aromatic rings. The lowest BCUT2D eigenvalue weighted by Crippen LogP contribution is -2.38. The number of nitrogens with one attached hydrogen (secondary N) is 2. The highest BCUT2D eigenvalue weighted by Gasteiger charge is 2.29. The zero-order valence-corrected chi connectivity index (χ0v) is 23.6. The summed E-state index contributed by atoms with van der Waals surface area (Å²) in [5.41, 5.74) is 2.84. The van der Waals surface area contributed by atoms with Crippen LogP contribution in [-0.2, 0) is 11.3 Å². The third-order valence-electron chi connectivity index (χ3n) is 7.82. The van der Waals surface area contributed by atoms with Crippen molar-refractivity contribution in [1.82, 2.24) is 10.2 Å². The summed E-state index contributed by atoms with van der Waals surface area (Å²) in [6.07, 6.45) is 4.98. The second kappa shape index (κ2) is 13.2. The smallest absolute Gasteiger partial charge is 0.255 e. The minimum atomic E-state index is -0.340. The van der Waals surface area contributed by atoms with E-state index in [2.05, 4.69) is 15.5 Å². The highest BCUT2D eigenvalue weighted by molar-refractivity contribution is 6.30. The van der Waals surface area contributed by atoms with E-state index in [0.717, 1.165) is 43.4 Å². The van der Waals surface area contributed by atoms with Crippen molar-refractivity contribution in [3.05, 3.63) is 94.3 Å². The summed E-state index contributed by atoms with van der Waals surface area (Å²) in [5, 5.41) is 6.34. The van der Waals surface area contributed by atoms with Crippen molar-refractivity contribution in [1.29, 1.82) is 0 Å². The van der Waals surface area contributed by atoms with Crippen LogP contribution < -0.4 is 15.5 Å². The van der Waals surface area contributed by atoms with Crippen molar-refractivity contribution in [3.63, 3.8) is 0 Å². The molecule has 1 aliphatic carbocycles. The van der Waals surface area contributed by atoms with E-state index in [9.17, 15) is 18.8 Å². The fourth-order valence-corrected chi connectivity index (χ4v) is 5.69. The summed E-state index contributed by atoms with van der Waals surface area (Å²) in [6.45, 7) is 2.83. The number of benzene rings is 3. The molecule has 214 valence electrons. The highest BCUT2D eigenvalue weighted by atomic mass is 35.5. The van der Waals surface area contributed by atoms with Crippen LogP contribution in [-0.4, -0.2) is 48.8 Å². The fraction of sp³-hybridized carbons (Fsp3) is 0.344. The van der Waals surface area contributed by atoms with Gasteiger partial charge in [0.25, 0.3) is 11.8 Å². The molecule has 1 saturated heterocycles. The number of anilines is 2. The van der Waals surface area contributed by atoms with Gasteiger partial charge in [-0.05, 0) is 79.4 Å². The molecular weight excluding hydrogens is 543 g/mol. The van der Waals surface area contributed by atoms with Crippen molar-refractivity contribution in [2.24, 2.45) is 5.92 Å². The summed E-state index contributed by atoms with van der Waals surface area (Å²) >= 11 is 5.95. The van der Waals surface area contributed by atoms with Crippen LogP contribution in [0.4, 0.5) is 15.8 Å². The van der Waals surface area contributed by atoms with Crippen LogP contribution in [0.5, 0.6) is 0 Å². The molecule has 1 saturated carbocycles. The van der Waals surface area contributed by atoms with E-state index < -0.39 is 0 Å².